The number of hydrogen-bond donors (Lipinski definition) is 0. The van der Waals surface area contributed by atoms with Gasteiger partial charge in [0.05, 0.1) is 5.92 Å². The number of benzene rings is 1. The van der Waals surface area contributed by atoms with Gasteiger partial charge in [-0.25, -0.2) is 0 Å². The van der Waals surface area contributed by atoms with Crippen molar-refractivity contribution in [1.29, 1.82) is 0 Å². The van der Waals surface area contributed by atoms with Gasteiger partial charge < -0.3 is 9.42 Å². The van der Waals surface area contributed by atoms with Gasteiger partial charge in [0.1, 0.15) is 0 Å². The predicted molar refractivity (Wildman–Crippen MR) is 97.4 cm³/mol. The lowest BCUT2D eigenvalue weighted by atomic mass is 9.97. The molecule has 1 atom stereocenters. The van der Waals surface area contributed by atoms with Crippen molar-refractivity contribution in [3.63, 3.8) is 0 Å². The first-order chi connectivity index (χ1) is 12.2. The topological polar surface area (TPSA) is 59.2 Å². The smallest absolute Gasteiger partial charge is 0.231 e. The van der Waals surface area contributed by atoms with Crippen LogP contribution in [-0.4, -0.2) is 34.0 Å². The number of halogens is 1. The number of carbonyl (C=O) groups excluding carboxylic acids is 1. The van der Waals surface area contributed by atoms with Crippen molar-refractivity contribution in [2.24, 2.45) is 0 Å². The van der Waals surface area contributed by atoms with Crippen molar-refractivity contribution in [3.05, 3.63) is 35.2 Å². The first-order valence-corrected chi connectivity index (χ1v) is 9.42. The van der Waals surface area contributed by atoms with Crippen LogP contribution in [0.4, 0.5) is 0 Å². The minimum Gasteiger partial charge on any atom is -0.342 e. The molecule has 1 saturated heterocycles. The molecule has 1 aromatic heterocycles. The number of nitrogens with zero attached hydrogens (tertiary/aromatic N) is 3. The maximum absolute atomic E-state index is 12.4. The van der Waals surface area contributed by atoms with Crippen molar-refractivity contribution in [1.82, 2.24) is 15.0 Å². The molecule has 1 amide bonds. The highest BCUT2D eigenvalue weighted by Crippen LogP contribution is 2.28. The summed E-state index contributed by atoms with van der Waals surface area (Å²) in [7, 11) is 0. The average molecular weight is 362 g/mol. The molecule has 2 heterocycles. The van der Waals surface area contributed by atoms with Crippen LogP contribution in [0.25, 0.3) is 11.4 Å². The van der Waals surface area contributed by atoms with E-state index in [4.69, 9.17) is 16.1 Å². The third kappa shape index (κ3) is 4.60. The molecule has 0 N–H and O–H groups in total. The molecule has 0 radical (unpaired) electrons. The fourth-order valence-electron chi connectivity index (χ4n) is 3.24. The van der Waals surface area contributed by atoms with Crippen LogP contribution in [0.1, 0.15) is 57.3 Å². The quantitative estimate of drug-likeness (QED) is 0.701. The summed E-state index contributed by atoms with van der Waals surface area (Å²) < 4.78 is 5.48. The molecule has 2 aromatic rings. The lowest BCUT2D eigenvalue weighted by Crippen LogP contribution is -2.39. The number of likely N-dealkylation sites (tertiary alicyclic amines) is 1. The minimum absolute atomic E-state index is 0.115. The number of carbonyl (C=O) groups is 1. The van der Waals surface area contributed by atoms with E-state index in [0.717, 1.165) is 44.2 Å². The summed E-state index contributed by atoms with van der Waals surface area (Å²) in [5.41, 5.74) is 0.839. The second-order valence-corrected chi connectivity index (χ2v) is 7.04. The van der Waals surface area contributed by atoms with Crippen LogP contribution in [0.5, 0.6) is 0 Å². The zero-order chi connectivity index (χ0) is 17.6. The fraction of sp³-hybridized carbons (Fsp3) is 0.526. The van der Waals surface area contributed by atoms with E-state index in [-0.39, 0.29) is 11.8 Å². The van der Waals surface area contributed by atoms with Crippen molar-refractivity contribution in [2.75, 3.05) is 13.1 Å². The molecule has 0 saturated carbocycles. The molecule has 0 bridgehead atoms. The lowest BCUT2D eigenvalue weighted by Gasteiger charge is -2.31. The monoisotopic (exact) mass is 361 g/mol. The van der Waals surface area contributed by atoms with E-state index in [9.17, 15) is 4.79 Å². The summed E-state index contributed by atoms with van der Waals surface area (Å²) in [5.74, 6) is 1.52. The summed E-state index contributed by atoms with van der Waals surface area (Å²) in [4.78, 5) is 18.9. The maximum atomic E-state index is 12.4. The fourth-order valence-corrected chi connectivity index (χ4v) is 3.43. The Labute approximate surface area is 153 Å². The highest BCUT2D eigenvalue weighted by atomic mass is 35.5. The van der Waals surface area contributed by atoms with Gasteiger partial charge >= 0.3 is 0 Å². The van der Waals surface area contributed by atoms with Gasteiger partial charge in [-0.05, 0) is 31.4 Å². The molecular weight excluding hydrogens is 338 g/mol. The molecule has 1 aromatic carbocycles. The van der Waals surface area contributed by atoms with Gasteiger partial charge in [-0.1, -0.05) is 48.7 Å². The lowest BCUT2D eigenvalue weighted by molar-refractivity contribution is -0.132. The largest absolute Gasteiger partial charge is 0.342 e. The summed E-state index contributed by atoms with van der Waals surface area (Å²) >= 11 is 6.03. The third-order valence-electron chi connectivity index (χ3n) is 4.64. The first kappa shape index (κ1) is 17.9. The number of unbranched alkanes of at least 4 members (excludes halogenated alkanes) is 2. The highest BCUT2D eigenvalue weighted by molar-refractivity contribution is 6.30. The Balaban J connectivity index is 1.65. The van der Waals surface area contributed by atoms with Crippen molar-refractivity contribution in [3.8, 4) is 11.4 Å². The Kier molecular flexibility index (Phi) is 6.08. The number of hydrogen-bond acceptors (Lipinski definition) is 4. The molecule has 6 heteroatoms. The zero-order valence-electron chi connectivity index (χ0n) is 14.6. The summed E-state index contributed by atoms with van der Waals surface area (Å²) in [5, 5.41) is 4.73. The molecule has 0 spiro atoms. The summed E-state index contributed by atoms with van der Waals surface area (Å²) in [6.07, 6.45) is 5.78. The number of piperidine rings is 1. The van der Waals surface area contributed by atoms with Crippen molar-refractivity contribution >= 4 is 17.5 Å². The first-order valence-electron chi connectivity index (χ1n) is 9.04. The second kappa shape index (κ2) is 8.48. The van der Waals surface area contributed by atoms with E-state index < -0.39 is 0 Å². The SMILES string of the molecule is CCCCCC(=O)N1CCCC(c2nc(-c3cccc(Cl)c3)no2)C1. The van der Waals surface area contributed by atoms with Gasteiger partial charge in [0.25, 0.3) is 0 Å². The van der Waals surface area contributed by atoms with Crippen LogP contribution >= 0.6 is 11.6 Å². The summed E-state index contributed by atoms with van der Waals surface area (Å²) in [6, 6.07) is 7.41. The molecule has 134 valence electrons. The third-order valence-corrected chi connectivity index (χ3v) is 4.88. The van der Waals surface area contributed by atoms with Gasteiger partial charge in [-0.2, -0.15) is 4.98 Å². The molecule has 3 rings (SSSR count). The van der Waals surface area contributed by atoms with Crippen LogP contribution in [0.15, 0.2) is 28.8 Å². The number of amides is 1. The van der Waals surface area contributed by atoms with E-state index in [2.05, 4.69) is 17.1 Å². The molecular formula is C19H24ClN3O2. The predicted octanol–water partition coefficient (Wildman–Crippen LogP) is 4.68. The highest BCUT2D eigenvalue weighted by Gasteiger charge is 2.28. The molecule has 25 heavy (non-hydrogen) atoms. The van der Waals surface area contributed by atoms with Crippen molar-refractivity contribution in [2.45, 2.75) is 51.4 Å². The van der Waals surface area contributed by atoms with E-state index >= 15 is 0 Å². The van der Waals surface area contributed by atoms with E-state index in [1.54, 1.807) is 0 Å². The van der Waals surface area contributed by atoms with Gasteiger partial charge in [0.15, 0.2) is 0 Å². The molecule has 1 aliphatic heterocycles. The molecule has 1 unspecified atom stereocenters. The average Bonchev–Trinajstić information content (AvgIpc) is 3.12. The molecule has 5 nitrogen and oxygen atoms in total. The van der Waals surface area contributed by atoms with E-state index in [1.807, 2.05) is 29.2 Å². The Hall–Kier alpha value is -1.88. The van der Waals surface area contributed by atoms with E-state index in [1.165, 1.54) is 0 Å². The van der Waals surface area contributed by atoms with Crippen LogP contribution in [0.2, 0.25) is 5.02 Å². The standard InChI is InChI=1S/C19H24ClN3O2/c1-2-3-4-10-17(24)23-11-6-8-15(13-23)19-21-18(22-25-19)14-7-5-9-16(20)12-14/h5,7,9,12,15H,2-4,6,8,10-11,13H2,1H3. The Bertz CT molecular complexity index is 716. The van der Waals surface area contributed by atoms with Gasteiger partial charge in [-0.15, -0.1) is 0 Å². The minimum atomic E-state index is 0.115. The normalized spacial score (nSPS) is 17.7. The number of aromatic nitrogens is 2. The van der Waals surface area contributed by atoms with Crippen LogP contribution in [0.3, 0.4) is 0 Å². The Morgan fingerprint density at radius 1 is 1.40 bits per heavy atom. The second-order valence-electron chi connectivity index (χ2n) is 6.60. The zero-order valence-corrected chi connectivity index (χ0v) is 15.3. The van der Waals surface area contributed by atoms with Gasteiger partial charge in [-0.3, -0.25) is 4.79 Å². The maximum Gasteiger partial charge on any atom is 0.231 e. The Morgan fingerprint density at radius 3 is 3.08 bits per heavy atom. The van der Waals surface area contributed by atoms with Crippen LogP contribution < -0.4 is 0 Å². The van der Waals surface area contributed by atoms with Crippen molar-refractivity contribution < 1.29 is 9.32 Å². The van der Waals surface area contributed by atoms with Crippen LogP contribution in [0, 0.1) is 0 Å². The Morgan fingerprint density at radius 2 is 2.28 bits per heavy atom. The molecule has 1 fully saturated rings. The number of rotatable bonds is 6. The van der Waals surface area contributed by atoms with E-state index in [0.29, 0.717) is 29.7 Å². The molecule has 1 aliphatic rings. The summed E-state index contributed by atoms with van der Waals surface area (Å²) in [6.45, 7) is 3.65. The molecule has 0 aliphatic carbocycles. The van der Waals surface area contributed by atoms with Crippen LogP contribution in [-0.2, 0) is 4.79 Å². The van der Waals surface area contributed by atoms with Gasteiger partial charge in [0, 0.05) is 30.1 Å². The van der Waals surface area contributed by atoms with Gasteiger partial charge in [0.2, 0.25) is 17.6 Å².